The Morgan fingerprint density at radius 2 is 1.10 bits per heavy atom. The largest absolute Gasteiger partial charge is 0.507 e. The summed E-state index contributed by atoms with van der Waals surface area (Å²) in [6, 6.07) is 72.3. The monoisotopic (exact) mass is 1080 g/mol. The molecule has 0 aliphatic heterocycles. The summed E-state index contributed by atoms with van der Waals surface area (Å²) in [4.78, 5) is 10.6. The molecule has 344 valence electrons. The van der Waals surface area contributed by atoms with Crippen LogP contribution in [0.15, 0.2) is 200 Å². The van der Waals surface area contributed by atoms with E-state index in [-0.39, 0.29) is 43.6 Å². The molecule has 0 saturated carbocycles. The summed E-state index contributed by atoms with van der Waals surface area (Å²) in [5, 5.41) is 12.5. The third-order valence-corrected chi connectivity index (χ3v) is 13.3. The van der Waals surface area contributed by atoms with Crippen LogP contribution in [0.5, 0.6) is 5.75 Å². The van der Waals surface area contributed by atoms with E-state index in [1.165, 1.54) is 11.1 Å². The normalized spacial score (nSPS) is 12.2. The molecule has 5 heteroatoms. The first kappa shape index (κ1) is 47.0. The number of imidazole rings is 1. The van der Waals surface area contributed by atoms with E-state index in [4.69, 9.17) is 9.97 Å². The minimum atomic E-state index is -0.330. The average Bonchev–Trinajstić information content (AvgIpc) is 3.76. The van der Waals surface area contributed by atoms with Crippen LogP contribution in [0.25, 0.3) is 83.9 Å². The molecule has 0 saturated heterocycles. The average molecular weight is 1080 g/mol. The predicted octanol–water partition coefficient (Wildman–Crippen LogP) is 16.7. The third kappa shape index (κ3) is 9.39. The van der Waals surface area contributed by atoms with Gasteiger partial charge in [0.05, 0.1) is 22.3 Å². The summed E-state index contributed by atoms with van der Waals surface area (Å²) < 4.78 is 2.24. The van der Waals surface area contributed by atoms with Crippen molar-refractivity contribution >= 4 is 11.0 Å². The van der Waals surface area contributed by atoms with E-state index in [9.17, 15) is 5.11 Å². The first-order valence-electron chi connectivity index (χ1n) is 23.6. The maximum absolute atomic E-state index is 12.5. The van der Waals surface area contributed by atoms with Crippen molar-refractivity contribution in [1.82, 2.24) is 14.5 Å². The van der Waals surface area contributed by atoms with Gasteiger partial charge in [0.15, 0.2) is 0 Å². The van der Waals surface area contributed by atoms with E-state index in [0.717, 1.165) is 83.6 Å². The third-order valence-electron chi connectivity index (χ3n) is 13.3. The van der Waals surface area contributed by atoms with E-state index in [2.05, 4.69) is 247 Å². The molecule has 0 fully saturated rings. The number of aromatic nitrogens is 3. The molecule has 8 aromatic carbocycles. The minimum absolute atomic E-state index is 0. The second kappa shape index (κ2) is 19.1. The Kier molecular flexibility index (Phi) is 13.0. The second-order valence-electron chi connectivity index (χ2n) is 20.0. The van der Waals surface area contributed by atoms with Gasteiger partial charge in [-0.2, -0.15) is 0 Å². The first-order chi connectivity index (χ1) is 32.8. The number of nitrogens with zero attached hydrogens (tertiary/aromatic N) is 3. The van der Waals surface area contributed by atoms with Gasteiger partial charge in [-0.05, 0) is 74.0 Å². The fourth-order valence-corrected chi connectivity index (χ4v) is 9.39. The molecule has 2 aromatic heterocycles. The summed E-state index contributed by atoms with van der Waals surface area (Å²) >= 11 is 0. The number of pyridine rings is 1. The van der Waals surface area contributed by atoms with Crippen molar-refractivity contribution in [1.29, 1.82) is 0 Å². The van der Waals surface area contributed by atoms with Crippen molar-refractivity contribution in [2.45, 2.75) is 65.2 Å². The summed E-state index contributed by atoms with van der Waals surface area (Å²) in [6.45, 7) is 15.4. The van der Waals surface area contributed by atoms with Crippen molar-refractivity contribution in [3.63, 3.8) is 0 Å². The van der Waals surface area contributed by atoms with Gasteiger partial charge in [0.25, 0.3) is 0 Å². The maximum atomic E-state index is 12.5. The molecule has 2 heterocycles. The number of rotatable bonds is 9. The second-order valence-corrected chi connectivity index (χ2v) is 20.0. The smallest absolute Gasteiger partial charge is 0.148 e. The van der Waals surface area contributed by atoms with Crippen LogP contribution in [0.1, 0.15) is 76.6 Å². The fourth-order valence-electron chi connectivity index (χ4n) is 9.39. The first-order valence-corrected chi connectivity index (χ1v) is 23.6. The van der Waals surface area contributed by atoms with Crippen LogP contribution in [0, 0.1) is 6.07 Å². The molecule has 10 aromatic rings. The van der Waals surface area contributed by atoms with Gasteiger partial charge in [-0.15, -0.1) is 23.8 Å². The zero-order valence-corrected chi connectivity index (χ0v) is 42.5. The van der Waals surface area contributed by atoms with Crippen LogP contribution >= 0.6 is 0 Å². The molecule has 4 nitrogen and oxygen atoms in total. The maximum Gasteiger partial charge on any atom is 0.148 e. The van der Waals surface area contributed by atoms with Crippen molar-refractivity contribution in [3.05, 3.63) is 229 Å². The number of hydrogen-bond donors (Lipinski definition) is 1. The molecular weight excluding hydrogens is 1020 g/mol. The molecule has 1 N–H and O–H groups in total. The fraction of sp³-hybridized carbons (Fsp3) is 0.156. The molecule has 0 radical (unpaired) electrons. The predicted molar refractivity (Wildman–Crippen MR) is 283 cm³/mol. The van der Waals surface area contributed by atoms with E-state index < -0.39 is 0 Å². The van der Waals surface area contributed by atoms with Crippen molar-refractivity contribution in [3.8, 4) is 78.6 Å². The molecule has 10 rings (SSSR count). The van der Waals surface area contributed by atoms with E-state index in [1.54, 1.807) is 0 Å². The van der Waals surface area contributed by atoms with E-state index in [1.807, 2.05) is 12.3 Å². The minimum Gasteiger partial charge on any atom is -0.507 e. The molecule has 0 aliphatic rings. The molecular formula is C64H56N3OPt-. The zero-order valence-electron chi connectivity index (χ0n) is 40.2. The number of benzene rings is 8. The summed E-state index contributed by atoms with van der Waals surface area (Å²) in [7, 11) is 0. The number of aromatic hydroxyl groups is 1. The van der Waals surface area contributed by atoms with Crippen LogP contribution < -0.4 is 0 Å². The molecule has 1 unspecified atom stereocenters. The van der Waals surface area contributed by atoms with Gasteiger partial charge in [-0.3, -0.25) is 9.55 Å². The molecule has 69 heavy (non-hydrogen) atoms. The molecule has 0 bridgehead atoms. The number of para-hydroxylation sites is 2. The van der Waals surface area contributed by atoms with Crippen LogP contribution in [-0.2, 0) is 31.9 Å². The van der Waals surface area contributed by atoms with Crippen molar-refractivity contribution in [2.24, 2.45) is 0 Å². The van der Waals surface area contributed by atoms with Gasteiger partial charge in [0.2, 0.25) is 0 Å². The van der Waals surface area contributed by atoms with Gasteiger partial charge in [-0.25, -0.2) is 4.98 Å². The summed E-state index contributed by atoms with van der Waals surface area (Å²) in [5.41, 5.74) is 17.5. The van der Waals surface area contributed by atoms with Crippen LogP contribution in [0.3, 0.4) is 0 Å². The Hall–Kier alpha value is -7.13. The number of phenols is 1. The Bertz CT molecular complexity index is 3420. The number of phenolic OH excluding ortho intramolecular Hbond substituents is 1. The molecule has 0 aliphatic carbocycles. The van der Waals surface area contributed by atoms with Gasteiger partial charge in [0, 0.05) is 50.0 Å². The molecule has 0 spiro atoms. The molecule has 1 atom stereocenters. The van der Waals surface area contributed by atoms with Crippen LogP contribution in [0.4, 0.5) is 0 Å². The standard InChI is InChI=1S/C64H56N3O.Pt/c1-42(43-20-11-8-12-21-43)44-30-32-46(33-31-44)48-34-35-65-57(39-48)51-37-49(45-22-13-9-14-23-45)36-50(38-51)54-27-19-29-59-60(54)66-62(55-40-52(63(2,3)4)41-56(61(55)68)64(5,6)7)67(59)58-28-18-17-26-53(58)47-24-15-10-16-25-47;/h8-37,39-42,68H,1-7H3;/q-1;. The SMILES string of the molecule is CC(c1ccccc1)c1ccc(-c2ccnc(-c3[c-]c(-c4cccc5c4nc(-c4cc(C(C)(C)C)cc(C(C)(C)C)c4O)n5-c4ccccc4-c4ccccc4)cc(-c4ccccc4)c3)c2)cc1.[Pt]. The Morgan fingerprint density at radius 1 is 0.507 bits per heavy atom. The van der Waals surface area contributed by atoms with Crippen LogP contribution in [-0.4, -0.2) is 19.6 Å². The van der Waals surface area contributed by atoms with E-state index in [0.29, 0.717) is 11.4 Å². The zero-order chi connectivity index (χ0) is 47.2. The summed E-state index contributed by atoms with van der Waals surface area (Å²) in [6.07, 6.45) is 1.90. The van der Waals surface area contributed by atoms with Gasteiger partial charge in [-0.1, -0.05) is 223 Å². The van der Waals surface area contributed by atoms with Gasteiger partial charge in [0.1, 0.15) is 11.6 Å². The Balaban J connectivity index is 0.00000593. The quantitative estimate of drug-likeness (QED) is 0.147. The van der Waals surface area contributed by atoms with Crippen molar-refractivity contribution < 1.29 is 26.2 Å². The Labute approximate surface area is 421 Å². The van der Waals surface area contributed by atoms with Crippen molar-refractivity contribution in [2.75, 3.05) is 0 Å². The number of fused-ring (bicyclic) bond motifs is 1. The topological polar surface area (TPSA) is 50.9 Å². The molecule has 0 amide bonds. The van der Waals surface area contributed by atoms with Gasteiger partial charge < -0.3 is 5.11 Å². The number of hydrogen-bond acceptors (Lipinski definition) is 3. The van der Waals surface area contributed by atoms with E-state index >= 15 is 0 Å². The van der Waals surface area contributed by atoms with Crippen LogP contribution in [0.2, 0.25) is 0 Å². The van der Waals surface area contributed by atoms with Gasteiger partial charge >= 0.3 is 0 Å². The summed E-state index contributed by atoms with van der Waals surface area (Å²) in [5.74, 6) is 1.20. The Morgan fingerprint density at radius 3 is 1.78 bits per heavy atom.